The van der Waals surface area contributed by atoms with E-state index in [2.05, 4.69) is 10.8 Å². The van der Waals surface area contributed by atoms with Gasteiger partial charge in [-0.05, 0) is 54.8 Å². The summed E-state index contributed by atoms with van der Waals surface area (Å²) in [5, 5.41) is 3.24. The molecule has 4 rings (SSSR count). The molecule has 1 fully saturated rings. The predicted molar refractivity (Wildman–Crippen MR) is 131 cm³/mol. The van der Waals surface area contributed by atoms with Crippen molar-refractivity contribution >= 4 is 39.1 Å². The molecule has 0 unspecified atom stereocenters. The van der Waals surface area contributed by atoms with Crippen molar-refractivity contribution in [2.24, 2.45) is 0 Å². The first-order chi connectivity index (χ1) is 16.7. The number of hydrogen-bond donors (Lipinski definition) is 2. The number of nitrogens with zero attached hydrogens (tertiary/aromatic N) is 1. The van der Waals surface area contributed by atoms with Crippen LogP contribution in [0.2, 0.25) is 10.0 Å². The van der Waals surface area contributed by atoms with Crippen molar-refractivity contribution < 1.29 is 27.5 Å². The van der Waals surface area contributed by atoms with E-state index in [0.717, 1.165) is 5.56 Å². The van der Waals surface area contributed by atoms with E-state index in [0.29, 0.717) is 24.3 Å². The second kappa shape index (κ2) is 10.2. The third kappa shape index (κ3) is 5.36. The molecule has 1 amide bonds. The highest BCUT2D eigenvalue weighted by atomic mass is 35.5. The highest BCUT2D eigenvalue weighted by Gasteiger charge is 2.43. The van der Waals surface area contributed by atoms with Gasteiger partial charge in [0.05, 0.1) is 19.2 Å². The van der Waals surface area contributed by atoms with E-state index in [1.807, 2.05) is 6.07 Å². The van der Waals surface area contributed by atoms with E-state index in [4.69, 9.17) is 37.5 Å². The van der Waals surface area contributed by atoms with Crippen molar-refractivity contribution in [3.63, 3.8) is 0 Å². The van der Waals surface area contributed by atoms with Gasteiger partial charge in [-0.3, -0.25) is 15.1 Å². The van der Waals surface area contributed by atoms with Crippen molar-refractivity contribution in [3.05, 3.63) is 63.8 Å². The third-order valence-electron chi connectivity index (χ3n) is 6.00. The van der Waals surface area contributed by atoms with Gasteiger partial charge in [-0.2, -0.15) is 4.31 Å². The van der Waals surface area contributed by atoms with Crippen LogP contribution < -0.4 is 20.3 Å². The molecule has 35 heavy (non-hydrogen) atoms. The number of hydroxylamine groups is 1. The fourth-order valence-corrected chi connectivity index (χ4v) is 6.20. The molecule has 1 saturated heterocycles. The van der Waals surface area contributed by atoms with Gasteiger partial charge in [-0.1, -0.05) is 29.3 Å². The van der Waals surface area contributed by atoms with Crippen molar-refractivity contribution in [1.29, 1.82) is 0 Å². The van der Waals surface area contributed by atoms with Crippen LogP contribution in [0.4, 0.5) is 0 Å². The number of carbonyl (C=O) groups excluding carboxylic acids is 1. The molecule has 2 aliphatic rings. The lowest BCUT2D eigenvalue weighted by atomic mass is 9.92. The molecule has 2 heterocycles. The molecule has 0 aliphatic carbocycles. The maximum atomic E-state index is 13.1. The Morgan fingerprint density at radius 1 is 1.11 bits per heavy atom. The number of carbonyl (C=O) groups is 1. The first-order valence-electron chi connectivity index (χ1n) is 10.8. The Morgan fingerprint density at radius 2 is 1.83 bits per heavy atom. The molecule has 2 N–H and O–H groups in total. The van der Waals surface area contributed by atoms with Gasteiger partial charge in [0.1, 0.15) is 16.2 Å². The molecule has 0 saturated carbocycles. The van der Waals surface area contributed by atoms with Crippen LogP contribution in [0.3, 0.4) is 0 Å². The summed E-state index contributed by atoms with van der Waals surface area (Å²) in [5.41, 5.74) is 3.03. The van der Waals surface area contributed by atoms with E-state index < -0.39 is 15.6 Å². The van der Waals surface area contributed by atoms with Crippen LogP contribution in [0.1, 0.15) is 18.4 Å². The van der Waals surface area contributed by atoms with E-state index in [-0.39, 0.29) is 46.2 Å². The normalized spacial score (nSPS) is 17.5. The fraction of sp³-hybridized carbons (Fsp3) is 0.348. The molecule has 1 spiro atoms. The standard InChI is InChI=1S/C23H25Cl2N3O6S/c1-32-19-6-3-15(11-20(19)33-2)14-26-22(29)18-13-23(34-27-18)7-9-28(10-8-23)35(30,31)21-12-16(24)4-5-17(21)25/h3-6,11-13,27H,7-10,14H2,1-2H3,(H,26,29). The minimum atomic E-state index is -3.82. The zero-order valence-corrected chi connectivity index (χ0v) is 21.5. The zero-order chi connectivity index (χ0) is 25.2. The lowest BCUT2D eigenvalue weighted by Crippen LogP contribution is -2.46. The monoisotopic (exact) mass is 541 g/mol. The summed E-state index contributed by atoms with van der Waals surface area (Å²) in [6.07, 6.45) is 2.45. The number of benzene rings is 2. The largest absolute Gasteiger partial charge is 0.493 e. The summed E-state index contributed by atoms with van der Waals surface area (Å²) in [6, 6.07) is 9.73. The van der Waals surface area contributed by atoms with Gasteiger partial charge in [0, 0.05) is 24.7 Å². The Bertz CT molecular complexity index is 1260. The van der Waals surface area contributed by atoms with Crippen LogP contribution in [-0.2, 0) is 26.2 Å². The second-order valence-corrected chi connectivity index (χ2v) is 10.9. The molecular weight excluding hydrogens is 517 g/mol. The molecule has 0 radical (unpaired) electrons. The Kier molecular flexibility index (Phi) is 7.48. The molecule has 188 valence electrons. The van der Waals surface area contributed by atoms with Gasteiger partial charge in [0.15, 0.2) is 11.5 Å². The maximum absolute atomic E-state index is 13.1. The van der Waals surface area contributed by atoms with Crippen LogP contribution in [0.25, 0.3) is 0 Å². The van der Waals surface area contributed by atoms with Gasteiger partial charge in [0.2, 0.25) is 10.0 Å². The Hall–Kier alpha value is -2.50. The fourth-order valence-electron chi connectivity index (χ4n) is 4.02. The molecule has 2 aromatic rings. The summed E-state index contributed by atoms with van der Waals surface area (Å²) in [7, 11) is -0.718. The minimum Gasteiger partial charge on any atom is -0.493 e. The quantitative estimate of drug-likeness (QED) is 0.553. The summed E-state index contributed by atoms with van der Waals surface area (Å²) >= 11 is 12.1. The smallest absolute Gasteiger partial charge is 0.269 e. The molecule has 0 aromatic heterocycles. The first-order valence-corrected chi connectivity index (χ1v) is 13.0. The van der Waals surface area contributed by atoms with Gasteiger partial charge >= 0.3 is 0 Å². The SMILES string of the molecule is COc1ccc(CNC(=O)C2=CC3(CCN(S(=O)(=O)c4cc(Cl)ccc4Cl)CC3)ON2)cc1OC. The van der Waals surface area contributed by atoms with Crippen LogP contribution >= 0.6 is 23.2 Å². The maximum Gasteiger partial charge on any atom is 0.269 e. The van der Waals surface area contributed by atoms with Crippen molar-refractivity contribution in [1.82, 2.24) is 15.1 Å². The summed E-state index contributed by atoms with van der Waals surface area (Å²) in [5.74, 6) is 0.835. The number of amides is 1. The number of piperidine rings is 1. The average molecular weight is 542 g/mol. The van der Waals surface area contributed by atoms with E-state index in [1.165, 1.54) is 22.5 Å². The van der Waals surface area contributed by atoms with Crippen LogP contribution in [0.5, 0.6) is 11.5 Å². The molecule has 2 aliphatic heterocycles. The van der Waals surface area contributed by atoms with Gasteiger partial charge in [-0.25, -0.2) is 8.42 Å². The third-order valence-corrected chi connectivity index (χ3v) is 8.61. The number of rotatable bonds is 7. The molecule has 0 bridgehead atoms. The first kappa shape index (κ1) is 25.6. The number of hydrogen-bond acceptors (Lipinski definition) is 7. The van der Waals surface area contributed by atoms with Gasteiger partial charge in [-0.15, -0.1) is 0 Å². The molecule has 12 heteroatoms. The van der Waals surface area contributed by atoms with E-state index in [9.17, 15) is 13.2 Å². The van der Waals surface area contributed by atoms with Crippen LogP contribution in [0.15, 0.2) is 53.1 Å². The van der Waals surface area contributed by atoms with E-state index in [1.54, 1.807) is 32.4 Å². The molecule has 9 nitrogen and oxygen atoms in total. The molecular formula is C23H25Cl2N3O6S. The minimum absolute atomic E-state index is 0.0288. The number of sulfonamides is 1. The van der Waals surface area contributed by atoms with Crippen molar-refractivity contribution in [2.75, 3.05) is 27.3 Å². The number of nitrogens with one attached hydrogen (secondary N) is 2. The second-order valence-electron chi connectivity index (χ2n) is 8.18. The molecule has 2 aromatic carbocycles. The van der Waals surface area contributed by atoms with Crippen LogP contribution in [-0.4, -0.2) is 51.5 Å². The lowest BCUT2D eigenvalue weighted by molar-refractivity contribution is -0.120. The van der Waals surface area contributed by atoms with Gasteiger partial charge < -0.3 is 14.8 Å². The number of ether oxygens (including phenoxy) is 2. The zero-order valence-electron chi connectivity index (χ0n) is 19.1. The highest BCUT2D eigenvalue weighted by molar-refractivity contribution is 7.89. The summed E-state index contributed by atoms with van der Waals surface area (Å²) in [4.78, 5) is 18.4. The van der Waals surface area contributed by atoms with Gasteiger partial charge in [0.25, 0.3) is 5.91 Å². The number of halogens is 2. The molecule has 0 atom stereocenters. The van der Waals surface area contributed by atoms with Crippen LogP contribution in [0, 0.1) is 0 Å². The number of methoxy groups -OCH3 is 2. The Balaban J connectivity index is 1.38. The predicted octanol–water partition coefficient (Wildman–Crippen LogP) is 3.27. The Labute approximate surface area is 213 Å². The van der Waals surface area contributed by atoms with E-state index >= 15 is 0 Å². The van der Waals surface area contributed by atoms with Crippen molar-refractivity contribution in [3.8, 4) is 11.5 Å². The van der Waals surface area contributed by atoms with Crippen molar-refractivity contribution in [2.45, 2.75) is 29.9 Å². The highest BCUT2D eigenvalue weighted by Crippen LogP contribution is 2.35. The topological polar surface area (TPSA) is 106 Å². The Morgan fingerprint density at radius 3 is 2.51 bits per heavy atom. The summed E-state index contributed by atoms with van der Waals surface area (Å²) in [6.45, 7) is 0.672. The lowest BCUT2D eigenvalue weighted by Gasteiger charge is -2.36. The average Bonchev–Trinajstić information content (AvgIpc) is 3.27. The summed E-state index contributed by atoms with van der Waals surface area (Å²) < 4.78 is 38.0.